The molecule has 0 spiro atoms. The second kappa shape index (κ2) is 9.88. The number of hydrogen-bond acceptors (Lipinski definition) is 7. The van der Waals surface area contributed by atoms with Gasteiger partial charge in [-0.05, 0) is 55.0 Å². The van der Waals surface area contributed by atoms with Gasteiger partial charge < -0.3 is 23.8 Å². The number of ether oxygens (including phenoxy) is 4. The van der Waals surface area contributed by atoms with E-state index in [1.807, 2.05) is 0 Å². The van der Waals surface area contributed by atoms with Crippen molar-refractivity contribution in [2.45, 2.75) is 6.92 Å². The summed E-state index contributed by atoms with van der Waals surface area (Å²) in [5.41, 5.74) is 0.603. The van der Waals surface area contributed by atoms with Gasteiger partial charge in [0.05, 0.1) is 24.8 Å². The van der Waals surface area contributed by atoms with Crippen LogP contribution in [-0.2, 0) is 9.63 Å². The number of rotatable bonds is 8. The molecule has 0 fully saturated rings. The van der Waals surface area contributed by atoms with Crippen LogP contribution in [-0.4, -0.2) is 50.1 Å². The van der Waals surface area contributed by atoms with Gasteiger partial charge in [0.15, 0.2) is 23.2 Å². The molecule has 0 atom stereocenters. The van der Waals surface area contributed by atoms with E-state index in [1.165, 1.54) is 18.2 Å². The fraction of sp³-hybridized carbons (Fsp3) is 0.208. The van der Waals surface area contributed by atoms with Crippen molar-refractivity contribution in [3.05, 3.63) is 64.4 Å². The Morgan fingerprint density at radius 3 is 2.50 bits per heavy atom. The first kappa shape index (κ1) is 23.2. The Morgan fingerprint density at radius 1 is 1.09 bits per heavy atom. The monoisotopic (exact) mass is 483 g/mol. The summed E-state index contributed by atoms with van der Waals surface area (Å²) >= 11 is 6.44. The van der Waals surface area contributed by atoms with Gasteiger partial charge in [0, 0.05) is 6.08 Å². The predicted octanol–water partition coefficient (Wildman–Crippen LogP) is 4.27. The Bertz CT molecular complexity index is 1220. The highest BCUT2D eigenvalue weighted by Gasteiger charge is 2.34. The molecule has 2 heterocycles. The summed E-state index contributed by atoms with van der Waals surface area (Å²) in [5.74, 6) is 2.30. The molecule has 176 valence electrons. The van der Waals surface area contributed by atoms with Crippen molar-refractivity contribution in [2.75, 3.05) is 27.4 Å². The van der Waals surface area contributed by atoms with E-state index in [4.69, 9.17) is 40.8 Å². The van der Waals surface area contributed by atoms with Crippen molar-refractivity contribution in [1.82, 2.24) is 5.06 Å². The number of benzene rings is 2. The Labute approximate surface area is 201 Å². The molecule has 1 amide bonds. The number of hydrogen-bond donors (Lipinski definition) is 1. The van der Waals surface area contributed by atoms with Crippen molar-refractivity contribution < 1.29 is 28.6 Å². The molecule has 0 bridgehead atoms. The van der Waals surface area contributed by atoms with Crippen LogP contribution in [0.4, 0.5) is 0 Å². The largest absolute Gasteiger partial charge is 0.497 e. The number of nitrogens with one attached hydrogen (secondary N) is 1. The van der Waals surface area contributed by atoms with Crippen LogP contribution in [0.1, 0.15) is 12.5 Å². The number of aliphatic imine (C=N–C) groups is 1. The third-order valence-electron chi connectivity index (χ3n) is 4.90. The summed E-state index contributed by atoms with van der Waals surface area (Å²) in [4.78, 5) is 21.9. The van der Waals surface area contributed by atoms with Crippen molar-refractivity contribution in [2.24, 2.45) is 4.99 Å². The SMILES string of the molecule is COc1ccc(OCCOc2c(Cl)cc(/C=C3\C(=N)N4OC(C)=CC4=NC3=O)cc2OC)cc1. The zero-order chi connectivity index (χ0) is 24.2. The van der Waals surface area contributed by atoms with E-state index in [2.05, 4.69) is 4.99 Å². The normalized spacial score (nSPS) is 16.0. The van der Waals surface area contributed by atoms with Crippen LogP contribution in [0.15, 0.2) is 58.8 Å². The zero-order valence-corrected chi connectivity index (χ0v) is 19.5. The lowest BCUT2D eigenvalue weighted by Crippen LogP contribution is -2.38. The van der Waals surface area contributed by atoms with Gasteiger partial charge in [-0.2, -0.15) is 4.99 Å². The number of amides is 1. The number of carbonyl (C=O) groups excluding carboxylic acids is 1. The average Bonchev–Trinajstić information content (AvgIpc) is 3.20. The number of hydroxylamine groups is 2. The number of halogens is 1. The van der Waals surface area contributed by atoms with Gasteiger partial charge in [-0.1, -0.05) is 11.6 Å². The van der Waals surface area contributed by atoms with E-state index in [9.17, 15) is 4.79 Å². The minimum absolute atomic E-state index is 0.0616. The lowest BCUT2D eigenvalue weighted by Gasteiger charge is -2.23. The maximum Gasteiger partial charge on any atom is 0.282 e. The van der Waals surface area contributed by atoms with E-state index in [0.29, 0.717) is 28.6 Å². The number of carbonyl (C=O) groups is 1. The van der Waals surface area contributed by atoms with Crippen molar-refractivity contribution >= 4 is 35.3 Å². The summed E-state index contributed by atoms with van der Waals surface area (Å²) < 4.78 is 22.0. The maximum atomic E-state index is 12.5. The molecule has 0 aromatic heterocycles. The van der Waals surface area contributed by atoms with Crippen LogP contribution >= 0.6 is 11.6 Å². The predicted molar refractivity (Wildman–Crippen MR) is 127 cm³/mol. The van der Waals surface area contributed by atoms with E-state index in [1.54, 1.807) is 56.5 Å². The summed E-state index contributed by atoms with van der Waals surface area (Å²) in [6.07, 6.45) is 3.10. The first-order valence-electron chi connectivity index (χ1n) is 10.3. The van der Waals surface area contributed by atoms with Crippen molar-refractivity contribution in [1.29, 1.82) is 5.41 Å². The van der Waals surface area contributed by atoms with Crippen LogP contribution in [0, 0.1) is 5.41 Å². The fourth-order valence-electron chi connectivity index (χ4n) is 3.31. The Hall–Kier alpha value is -3.98. The van der Waals surface area contributed by atoms with Gasteiger partial charge >= 0.3 is 0 Å². The highest BCUT2D eigenvalue weighted by molar-refractivity contribution is 6.33. The van der Waals surface area contributed by atoms with Gasteiger partial charge in [0.25, 0.3) is 5.91 Å². The van der Waals surface area contributed by atoms with Gasteiger partial charge in [-0.25, -0.2) is 0 Å². The lowest BCUT2D eigenvalue weighted by molar-refractivity contribution is -0.114. The molecule has 0 aliphatic carbocycles. The van der Waals surface area contributed by atoms with Gasteiger partial charge in [-0.15, -0.1) is 5.06 Å². The van der Waals surface area contributed by atoms with Crippen LogP contribution in [0.5, 0.6) is 23.0 Å². The second-order valence-corrected chi connectivity index (χ2v) is 7.64. The maximum absolute atomic E-state index is 12.5. The molecule has 0 saturated carbocycles. The first-order valence-corrected chi connectivity index (χ1v) is 10.6. The van der Waals surface area contributed by atoms with Gasteiger partial charge in [0.1, 0.15) is 30.5 Å². The molecule has 2 aromatic rings. The fourth-order valence-corrected chi connectivity index (χ4v) is 3.58. The summed E-state index contributed by atoms with van der Waals surface area (Å²) in [6, 6.07) is 10.5. The Kier molecular flexibility index (Phi) is 6.74. The van der Waals surface area contributed by atoms with E-state index >= 15 is 0 Å². The van der Waals surface area contributed by atoms with Crippen LogP contribution in [0.2, 0.25) is 5.02 Å². The third kappa shape index (κ3) is 4.84. The second-order valence-electron chi connectivity index (χ2n) is 7.23. The minimum Gasteiger partial charge on any atom is -0.497 e. The average molecular weight is 484 g/mol. The molecule has 10 heteroatoms. The molecule has 0 unspecified atom stereocenters. The van der Waals surface area contributed by atoms with E-state index in [0.717, 1.165) is 5.75 Å². The summed E-state index contributed by atoms with van der Waals surface area (Å²) in [5, 5.41) is 9.81. The van der Waals surface area contributed by atoms with Gasteiger partial charge in [0.2, 0.25) is 0 Å². The smallest absolute Gasteiger partial charge is 0.282 e. The molecule has 2 aliphatic heterocycles. The molecule has 4 rings (SSSR count). The zero-order valence-electron chi connectivity index (χ0n) is 18.8. The number of fused-ring (bicyclic) bond motifs is 1. The molecule has 0 saturated heterocycles. The van der Waals surface area contributed by atoms with Crippen LogP contribution in [0.25, 0.3) is 6.08 Å². The first-order chi connectivity index (χ1) is 16.4. The van der Waals surface area contributed by atoms with E-state index < -0.39 is 5.91 Å². The number of allylic oxidation sites excluding steroid dienone is 1. The van der Waals surface area contributed by atoms with Gasteiger partial charge in [-0.3, -0.25) is 10.2 Å². The molecule has 0 radical (unpaired) electrons. The lowest BCUT2D eigenvalue weighted by atomic mass is 10.1. The highest BCUT2D eigenvalue weighted by Crippen LogP contribution is 2.37. The van der Waals surface area contributed by atoms with E-state index in [-0.39, 0.29) is 35.5 Å². The number of nitrogens with zero attached hydrogens (tertiary/aromatic N) is 2. The Balaban J connectivity index is 1.45. The summed E-state index contributed by atoms with van der Waals surface area (Å²) in [7, 11) is 3.09. The molecule has 9 nitrogen and oxygen atoms in total. The molecule has 34 heavy (non-hydrogen) atoms. The third-order valence-corrected chi connectivity index (χ3v) is 5.18. The van der Waals surface area contributed by atoms with Crippen LogP contribution < -0.4 is 18.9 Å². The molecular weight excluding hydrogens is 462 g/mol. The quantitative estimate of drug-likeness (QED) is 0.442. The minimum atomic E-state index is -0.545. The topological polar surface area (TPSA) is 103 Å². The molecule has 2 aliphatic rings. The van der Waals surface area contributed by atoms with Crippen molar-refractivity contribution in [3.63, 3.8) is 0 Å². The Morgan fingerprint density at radius 2 is 1.79 bits per heavy atom. The highest BCUT2D eigenvalue weighted by atomic mass is 35.5. The number of methoxy groups -OCH3 is 2. The van der Waals surface area contributed by atoms with Crippen LogP contribution in [0.3, 0.4) is 0 Å². The molecular formula is C24H22ClN3O6. The molecule has 2 aromatic carbocycles. The number of amidine groups is 2. The molecule has 1 N–H and O–H groups in total. The summed E-state index contributed by atoms with van der Waals surface area (Å²) in [6.45, 7) is 2.22. The standard InChI is InChI=1S/C24H22ClN3O6/c1-14-10-21-27-24(29)18(23(26)28(21)34-14)11-15-12-19(25)22(20(13-15)31-3)33-9-8-32-17-6-4-16(30-2)5-7-17/h4-7,10-13,26H,8-9H2,1-3H3/b18-11+,26-23?. The van der Waals surface area contributed by atoms with Crippen molar-refractivity contribution in [3.8, 4) is 23.0 Å².